The average molecular weight is 292 g/mol. The molecule has 21 heavy (non-hydrogen) atoms. The van der Waals surface area contributed by atoms with Gasteiger partial charge in [0.15, 0.2) is 11.5 Å². The molecule has 3 unspecified atom stereocenters. The van der Waals surface area contributed by atoms with E-state index in [9.17, 15) is 5.11 Å². The Morgan fingerprint density at radius 3 is 2.48 bits per heavy atom. The molecular weight excluding hydrogens is 264 g/mol. The van der Waals surface area contributed by atoms with Crippen molar-refractivity contribution in [1.82, 2.24) is 0 Å². The van der Waals surface area contributed by atoms with E-state index in [1.165, 1.54) is 6.42 Å². The van der Waals surface area contributed by atoms with Crippen molar-refractivity contribution < 1.29 is 14.6 Å². The van der Waals surface area contributed by atoms with Gasteiger partial charge in [-0.15, -0.1) is 0 Å². The number of aliphatic hydroxyl groups is 1. The molecule has 1 N–H and O–H groups in total. The van der Waals surface area contributed by atoms with Crippen molar-refractivity contribution in [3.63, 3.8) is 0 Å². The molecule has 0 spiro atoms. The lowest BCUT2D eigenvalue weighted by Crippen LogP contribution is -2.40. The summed E-state index contributed by atoms with van der Waals surface area (Å²) >= 11 is 0. The molecule has 3 heteroatoms. The molecule has 118 valence electrons. The van der Waals surface area contributed by atoms with Gasteiger partial charge in [-0.3, -0.25) is 0 Å². The summed E-state index contributed by atoms with van der Waals surface area (Å²) in [4.78, 5) is 0. The number of hydrogen-bond donors (Lipinski definition) is 1. The van der Waals surface area contributed by atoms with Crippen molar-refractivity contribution in [1.29, 1.82) is 0 Å². The van der Waals surface area contributed by atoms with Gasteiger partial charge < -0.3 is 14.6 Å². The second kappa shape index (κ2) is 6.69. The van der Waals surface area contributed by atoms with Crippen molar-refractivity contribution in [3.05, 3.63) is 23.8 Å². The second-order valence-corrected chi connectivity index (χ2v) is 6.11. The third kappa shape index (κ3) is 3.18. The molecule has 1 aromatic rings. The lowest BCUT2D eigenvalue weighted by atomic mass is 9.67. The van der Waals surface area contributed by atoms with Crippen LogP contribution in [0.15, 0.2) is 18.2 Å². The first-order chi connectivity index (χ1) is 10.0. The summed E-state index contributed by atoms with van der Waals surface area (Å²) < 4.78 is 11.3. The molecule has 1 aliphatic rings. The monoisotopic (exact) mass is 292 g/mol. The maximum Gasteiger partial charge on any atom is 0.161 e. The molecule has 0 aromatic heterocycles. The van der Waals surface area contributed by atoms with Crippen molar-refractivity contribution in [3.8, 4) is 11.5 Å². The van der Waals surface area contributed by atoms with E-state index in [2.05, 4.69) is 13.8 Å². The Morgan fingerprint density at radius 2 is 1.81 bits per heavy atom. The Kier molecular flexibility index (Phi) is 5.15. The van der Waals surface area contributed by atoms with Gasteiger partial charge in [-0.05, 0) is 56.2 Å². The maximum absolute atomic E-state index is 11.2. The molecule has 3 atom stereocenters. The maximum atomic E-state index is 11.2. The van der Waals surface area contributed by atoms with E-state index < -0.39 is 5.60 Å². The van der Waals surface area contributed by atoms with Crippen molar-refractivity contribution >= 4 is 0 Å². The Bertz CT molecular complexity index is 472. The summed E-state index contributed by atoms with van der Waals surface area (Å²) in [6.07, 6.45) is 3.08. The van der Waals surface area contributed by atoms with E-state index in [1.807, 2.05) is 32.0 Å². The molecule has 1 fully saturated rings. The smallest absolute Gasteiger partial charge is 0.161 e. The molecule has 1 aromatic carbocycles. The van der Waals surface area contributed by atoms with E-state index in [0.29, 0.717) is 19.1 Å². The molecule has 0 bridgehead atoms. The third-order valence-electron chi connectivity index (χ3n) is 4.87. The molecule has 0 heterocycles. The minimum Gasteiger partial charge on any atom is -0.490 e. The zero-order valence-electron chi connectivity index (χ0n) is 13.7. The molecule has 0 radical (unpaired) electrons. The first kappa shape index (κ1) is 16.2. The number of ether oxygens (including phenoxy) is 2. The van der Waals surface area contributed by atoms with Crippen LogP contribution in [0.3, 0.4) is 0 Å². The average Bonchev–Trinajstić information content (AvgIpc) is 2.47. The van der Waals surface area contributed by atoms with Crippen LogP contribution in [0.4, 0.5) is 0 Å². The zero-order valence-corrected chi connectivity index (χ0v) is 13.7. The fraction of sp³-hybridized carbons (Fsp3) is 0.667. The number of hydrogen-bond acceptors (Lipinski definition) is 3. The minimum atomic E-state index is -0.756. The molecule has 2 rings (SSSR count). The van der Waals surface area contributed by atoms with Gasteiger partial charge in [0, 0.05) is 0 Å². The SMILES string of the molecule is CCOc1ccc(C2(O)CCCC(C)C2C)cc1OCC. The highest BCUT2D eigenvalue weighted by atomic mass is 16.5. The minimum absolute atomic E-state index is 0.249. The van der Waals surface area contributed by atoms with Crippen LogP contribution in [-0.4, -0.2) is 18.3 Å². The van der Waals surface area contributed by atoms with Crippen molar-refractivity contribution in [2.75, 3.05) is 13.2 Å². The van der Waals surface area contributed by atoms with Crippen LogP contribution in [-0.2, 0) is 5.60 Å². The molecule has 3 nitrogen and oxygen atoms in total. The van der Waals surface area contributed by atoms with E-state index in [4.69, 9.17) is 9.47 Å². The molecule has 1 aliphatic carbocycles. The Morgan fingerprint density at radius 1 is 1.14 bits per heavy atom. The summed E-state index contributed by atoms with van der Waals surface area (Å²) in [6.45, 7) is 9.50. The normalized spacial score (nSPS) is 29.2. The molecule has 0 saturated heterocycles. The largest absolute Gasteiger partial charge is 0.490 e. The van der Waals surface area contributed by atoms with Crippen LogP contribution in [0.5, 0.6) is 11.5 Å². The first-order valence-electron chi connectivity index (χ1n) is 8.15. The van der Waals surface area contributed by atoms with Gasteiger partial charge in [0.25, 0.3) is 0 Å². The van der Waals surface area contributed by atoms with Crippen LogP contribution in [0.1, 0.15) is 52.5 Å². The summed E-state index contributed by atoms with van der Waals surface area (Å²) in [7, 11) is 0. The second-order valence-electron chi connectivity index (χ2n) is 6.11. The van der Waals surface area contributed by atoms with Gasteiger partial charge in [-0.1, -0.05) is 26.3 Å². The van der Waals surface area contributed by atoms with Crippen LogP contribution < -0.4 is 9.47 Å². The first-order valence-corrected chi connectivity index (χ1v) is 8.15. The summed E-state index contributed by atoms with van der Waals surface area (Å²) in [6, 6.07) is 5.87. The highest BCUT2D eigenvalue weighted by Gasteiger charge is 2.41. The summed E-state index contributed by atoms with van der Waals surface area (Å²) in [5, 5.41) is 11.2. The fourth-order valence-corrected chi connectivity index (χ4v) is 3.37. The van der Waals surface area contributed by atoms with Crippen LogP contribution in [0.2, 0.25) is 0 Å². The van der Waals surface area contributed by atoms with Crippen LogP contribution in [0, 0.1) is 11.8 Å². The van der Waals surface area contributed by atoms with E-state index >= 15 is 0 Å². The molecule has 0 aliphatic heterocycles. The van der Waals surface area contributed by atoms with Gasteiger partial charge in [-0.25, -0.2) is 0 Å². The Hall–Kier alpha value is -1.22. The molecular formula is C18H28O3. The number of rotatable bonds is 5. The van der Waals surface area contributed by atoms with Gasteiger partial charge in [0.05, 0.1) is 18.8 Å². The summed E-state index contributed by atoms with van der Waals surface area (Å²) in [5.41, 5.74) is 0.197. The lowest BCUT2D eigenvalue weighted by molar-refractivity contribution is -0.0690. The predicted molar refractivity (Wildman–Crippen MR) is 84.9 cm³/mol. The molecule has 1 saturated carbocycles. The van der Waals surface area contributed by atoms with E-state index in [1.54, 1.807) is 0 Å². The van der Waals surface area contributed by atoms with Crippen molar-refractivity contribution in [2.45, 2.75) is 52.6 Å². The number of benzene rings is 1. The van der Waals surface area contributed by atoms with Crippen molar-refractivity contribution in [2.24, 2.45) is 11.8 Å². The highest BCUT2D eigenvalue weighted by Crippen LogP contribution is 2.46. The van der Waals surface area contributed by atoms with Gasteiger partial charge in [-0.2, -0.15) is 0 Å². The van der Waals surface area contributed by atoms with Crippen LogP contribution in [0.25, 0.3) is 0 Å². The Labute approximate surface area is 128 Å². The van der Waals surface area contributed by atoms with E-state index in [-0.39, 0.29) is 5.92 Å². The summed E-state index contributed by atoms with van der Waals surface area (Å²) in [5.74, 6) is 2.27. The van der Waals surface area contributed by atoms with Gasteiger partial charge in [0.1, 0.15) is 0 Å². The topological polar surface area (TPSA) is 38.7 Å². The predicted octanol–water partition coefficient (Wildman–Crippen LogP) is 4.13. The molecule has 0 amide bonds. The zero-order chi connectivity index (χ0) is 15.5. The van der Waals surface area contributed by atoms with Gasteiger partial charge >= 0.3 is 0 Å². The third-order valence-corrected chi connectivity index (χ3v) is 4.87. The van der Waals surface area contributed by atoms with E-state index in [0.717, 1.165) is 29.9 Å². The Balaban J connectivity index is 2.36. The standard InChI is InChI=1S/C18H28O3/c1-5-20-16-10-9-15(12-17(16)21-6-2)18(19)11-7-8-13(3)14(18)4/h9-10,12-14,19H,5-8,11H2,1-4H3. The highest BCUT2D eigenvalue weighted by molar-refractivity contribution is 5.45. The lowest BCUT2D eigenvalue weighted by Gasteiger charge is -2.42. The fourth-order valence-electron chi connectivity index (χ4n) is 3.37. The van der Waals surface area contributed by atoms with Crippen LogP contribution >= 0.6 is 0 Å². The van der Waals surface area contributed by atoms with Gasteiger partial charge in [0.2, 0.25) is 0 Å². The quantitative estimate of drug-likeness (QED) is 0.887.